The van der Waals surface area contributed by atoms with E-state index < -0.39 is 24.5 Å². The van der Waals surface area contributed by atoms with Gasteiger partial charge >= 0.3 is 5.97 Å². The van der Waals surface area contributed by atoms with Crippen LogP contribution in [0.25, 0.3) is 0 Å². The third-order valence-corrected chi connectivity index (χ3v) is 6.97. The molecule has 162 valence electrons. The summed E-state index contributed by atoms with van der Waals surface area (Å²) in [5.74, 6) is 0.491. The number of nitrogens with one attached hydrogen (secondary N) is 2. The van der Waals surface area contributed by atoms with Crippen molar-refractivity contribution in [1.29, 1.82) is 0 Å². The number of carbonyl (C=O) groups excluding carboxylic acids is 3. The highest BCUT2D eigenvalue weighted by molar-refractivity contribution is 5.89. The first-order valence-electron chi connectivity index (χ1n) is 10.8. The maximum absolute atomic E-state index is 13.0. The molecule has 0 unspecified atom stereocenters. The molecule has 0 spiro atoms. The van der Waals surface area contributed by atoms with Gasteiger partial charge in [0.1, 0.15) is 11.9 Å². The lowest BCUT2D eigenvalue weighted by Crippen LogP contribution is -2.56. The van der Waals surface area contributed by atoms with Gasteiger partial charge in [0.2, 0.25) is 5.91 Å². The highest BCUT2D eigenvalue weighted by Gasteiger charge is 2.54. The van der Waals surface area contributed by atoms with Gasteiger partial charge in [-0.25, -0.2) is 9.18 Å². The lowest BCUT2D eigenvalue weighted by Gasteiger charge is -2.55. The number of rotatable bonds is 7. The zero-order valence-electron chi connectivity index (χ0n) is 17.3. The predicted octanol–water partition coefficient (Wildman–Crippen LogP) is 2.71. The van der Waals surface area contributed by atoms with Gasteiger partial charge in [-0.2, -0.15) is 0 Å². The first-order chi connectivity index (χ1) is 14.3. The summed E-state index contributed by atoms with van der Waals surface area (Å²) in [4.78, 5) is 37.2. The number of carbonyl (C=O) groups is 3. The van der Waals surface area contributed by atoms with Crippen LogP contribution in [0.3, 0.4) is 0 Å². The number of esters is 1. The molecule has 2 N–H and O–H groups in total. The summed E-state index contributed by atoms with van der Waals surface area (Å²) in [6.45, 7) is 1.39. The Bertz CT molecular complexity index is 788. The molecular weight excluding hydrogens is 387 g/mol. The van der Waals surface area contributed by atoms with Gasteiger partial charge in [-0.15, -0.1) is 0 Å². The third-order valence-electron chi connectivity index (χ3n) is 6.97. The highest BCUT2D eigenvalue weighted by atomic mass is 19.1. The third kappa shape index (κ3) is 4.50. The Morgan fingerprint density at radius 3 is 2.20 bits per heavy atom. The molecule has 1 aromatic carbocycles. The summed E-state index contributed by atoms with van der Waals surface area (Å²) in [6.07, 6.45) is 6.53. The lowest BCUT2D eigenvalue weighted by atomic mass is 9.49. The first kappa shape index (κ1) is 20.8. The van der Waals surface area contributed by atoms with Crippen LogP contribution in [0, 0.1) is 29.0 Å². The maximum Gasteiger partial charge on any atom is 0.328 e. The number of ether oxygens (including phenoxy) is 1. The van der Waals surface area contributed by atoms with Crippen LogP contribution in [-0.2, 0) is 25.7 Å². The van der Waals surface area contributed by atoms with Crippen LogP contribution in [0.15, 0.2) is 24.3 Å². The summed E-state index contributed by atoms with van der Waals surface area (Å²) in [5.41, 5.74) is 0.419. The molecule has 4 aliphatic carbocycles. The molecule has 30 heavy (non-hydrogen) atoms. The van der Waals surface area contributed by atoms with Crippen molar-refractivity contribution in [2.24, 2.45) is 23.2 Å². The van der Waals surface area contributed by atoms with E-state index in [1.807, 2.05) is 0 Å². The number of amides is 2. The molecule has 2 amide bonds. The number of benzene rings is 1. The minimum atomic E-state index is -0.796. The van der Waals surface area contributed by atoms with Crippen LogP contribution in [-0.4, -0.2) is 30.4 Å². The van der Waals surface area contributed by atoms with E-state index >= 15 is 0 Å². The number of halogens is 1. The molecule has 4 bridgehead atoms. The van der Waals surface area contributed by atoms with Gasteiger partial charge in [0, 0.05) is 12.0 Å². The van der Waals surface area contributed by atoms with Crippen LogP contribution in [0.5, 0.6) is 0 Å². The molecule has 7 heteroatoms. The SMILES string of the molecule is C[C@H](NC(=O)C12CC3CC(CC(C3)C1)C2)C(=O)OCC(=O)NCc1ccc(F)cc1. The monoisotopic (exact) mass is 416 g/mol. The zero-order valence-corrected chi connectivity index (χ0v) is 17.3. The molecule has 1 aromatic rings. The Morgan fingerprint density at radius 1 is 1.07 bits per heavy atom. The minimum absolute atomic E-state index is 0.0354. The summed E-state index contributed by atoms with van der Waals surface area (Å²) in [5, 5.41) is 5.46. The van der Waals surface area contributed by atoms with Gasteiger partial charge in [-0.1, -0.05) is 12.1 Å². The molecule has 0 aliphatic heterocycles. The normalized spacial score (nSPS) is 29.9. The van der Waals surface area contributed by atoms with Gasteiger partial charge in [0.15, 0.2) is 6.61 Å². The van der Waals surface area contributed by atoms with Crippen molar-refractivity contribution in [2.45, 2.75) is 58.0 Å². The van der Waals surface area contributed by atoms with Crippen molar-refractivity contribution >= 4 is 17.8 Å². The Kier molecular flexibility index (Phi) is 5.80. The van der Waals surface area contributed by atoms with E-state index in [0.29, 0.717) is 17.8 Å². The summed E-state index contributed by atoms with van der Waals surface area (Å²) >= 11 is 0. The van der Waals surface area contributed by atoms with Crippen molar-refractivity contribution in [3.05, 3.63) is 35.6 Å². The molecule has 0 heterocycles. The quantitative estimate of drug-likeness (QED) is 0.670. The average Bonchev–Trinajstić information content (AvgIpc) is 2.70. The van der Waals surface area contributed by atoms with E-state index in [1.54, 1.807) is 19.1 Å². The van der Waals surface area contributed by atoms with E-state index in [0.717, 1.165) is 24.8 Å². The second-order valence-electron chi connectivity index (χ2n) is 9.40. The number of hydrogen-bond donors (Lipinski definition) is 2. The Balaban J connectivity index is 1.21. The summed E-state index contributed by atoms with van der Waals surface area (Å²) in [6, 6.07) is 4.98. The summed E-state index contributed by atoms with van der Waals surface area (Å²) < 4.78 is 18.0. The Hall–Kier alpha value is -2.44. The lowest BCUT2D eigenvalue weighted by molar-refractivity contribution is -0.155. The molecule has 0 saturated heterocycles. The second-order valence-corrected chi connectivity index (χ2v) is 9.40. The minimum Gasteiger partial charge on any atom is -0.454 e. The summed E-state index contributed by atoms with van der Waals surface area (Å²) in [7, 11) is 0. The van der Waals surface area contributed by atoms with Crippen molar-refractivity contribution < 1.29 is 23.5 Å². The van der Waals surface area contributed by atoms with Crippen molar-refractivity contribution in [2.75, 3.05) is 6.61 Å². The molecule has 6 nitrogen and oxygen atoms in total. The molecule has 0 aromatic heterocycles. The fourth-order valence-electron chi connectivity index (χ4n) is 5.91. The standard InChI is InChI=1S/C23H29FN2O4/c1-14(21(28)30-13-20(27)25-12-15-2-4-19(24)5-3-15)26-22(29)23-9-16-6-17(10-23)8-18(7-16)11-23/h2-5,14,16-18H,6-13H2,1H3,(H,25,27)(H,26,29)/t14-,16?,17?,18?,23?/m0/s1. The topological polar surface area (TPSA) is 84.5 Å². The fourth-order valence-corrected chi connectivity index (χ4v) is 5.91. The molecular formula is C23H29FN2O4. The van der Waals surface area contributed by atoms with E-state index in [9.17, 15) is 18.8 Å². The van der Waals surface area contributed by atoms with Crippen LogP contribution >= 0.6 is 0 Å². The molecule has 0 radical (unpaired) electrons. The average molecular weight is 416 g/mol. The largest absolute Gasteiger partial charge is 0.454 e. The fraction of sp³-hybridized carbons (Fsp3) is 0.609. The maximum atomic E-state index is 13.0. The smallest absolute Gasteiger partial charge is 0.328 e. The highest BCUT2D eigenvalue weighted by Crippen LogP contribution is 2.60. The molecule has 4 fully saturated rings. The Labute approximate surface area is 175 Å². The van der Waals surface area contributed by atoms with E-state index in [1.165, 1.54) is 31.4 Å². The van der Waals surface area contributed by atoms with Crippen LogP contribution in [0.2, 0.25) is 0 Å². The van der Waals surface area contributed by atoms with Gasteiger partial charge < -0.3 is 15.4 Å². The van der Waals surface area contributed by atoms with Crippen LogP contribution in [0.1, 0.15) is 51.0 Å². The van der Waals surface area contributed by atoms with Crippen molar-refractivity contribution in [3.8, 4) is 0 Å². The first-order valence-corrected chi connectivity index (χ1v) is 10.8. The molecule has 5 rings (SSSR count). The second kappa shape index (κ2) is 8.36. The molecule has 4 aliphatic rings. The van der Waals surface area contributed by atoms with Crippen LogP contribution in [0.4, 0.5) is 4.39 Å². The van der Waals surface area contributed by atoms with E-state index in [-0.39, 0.29) is 23.7 Å². The van der Waals surface area contributed by atoms with E-state index in [2.05, 4.69) is 10.6 Å². The van der Waals surface area contributed by atoms with Crippen molar-refractivity contribution in [3.63, 3.8) is 0 Å². The van der Waals surface area contributed by atoms with Crippen LogP contribution < -0.4 is 10.6 Å². The van der Waals surface area contributed by atoms with Gasteiger partial charge in [-0.05, 0) is 80.9 Å². The molecule has 4 saturated carbocycles. The zero-order chi connectivity index (χ0) is 21.3. The predicted molar refractivity (Wildman–Crippen MR) is 107 cm³/mol. The van der Waals surface area contributed by atoms with Crippen molar-refractivity contribution in [1.82, 2.24) is 10.6 Å². The van der Waals surface area contributed by atoms with E-state index in [4.69, 9.17) is 4.74 Å². The van der Waals surface area contributed by atoms with Gasteiger partial charge in [0.25, 0.3) is 5.91 Å². The Morgan fingerprint density at radius 2 is 1.63 bits per heavy atom. The van der Waals surface area contributed by atoms with Gasteiger partial charge in [0.05, 0.1) is 0 Å². The number of hydrogen-bond acceptors (Lipinski definition) is 4. The van der Waals surface area contributed by atoms with Gasteiger partial charge in [-0.3, -0.25) is 9.59 Å². The molecule has 1 atom stereocenters.